The summed E-state index contributed by atoms with van der Waals surface area (Å²) in [6.45, 7) is 0.424. The quantitative estimate of drug-likeness (QED) is 0.408. The molecule has 0 aliphatic carbocycles. The molecule has 1 aromatic heterocycles. The van der Waals surface area contributed by atoms with Gasteiger partial charge >= 0.3 is 0 Å². The van der Waals surface area contributed by atoms with Gasteiger partial charge in [-0.05, 0) is 41.5 Å². The molecule has 0 saturated heterocycles. The molecule has 0 N–H and O–H groups in total. The van der Waals surface area contributed by atoms with E-state index in [1.807, 2.05) is 42.5 Å². The van der Waals surface area contributed by atoms with Crippen LogP contribution in [0.4, 0.5) is 0 Å². The average Bonchev–Trinajstić information content (AvgIpc) is 2.73. The van der Waals surface area contributed by atoms with Crippen LogP contribution in [-0.2, 0) is 0 Å². The summed E-state index contributed by atoms with van der Waals surface area (Å²) in [6, 6.07) is 22.4. The van der Waals surface area contributed by atoms with Crippen LogP contribution in [0.25, 0.3) is 28.2 Å². The number of rotatable bonds is 5. The van der Waals surface area contributed by atoms with Crippen molar-refractivity contribution in [3.63, 3.8) is 0 Å². The molecule has 0 atom stereocenters. The zero-order valence-corrected chi connectivity index (χ0v) is 15.7. The number of hydrogen-bond acceptors (Lipinski definition) is 3. The summed E-state index contributed by atoms with van der Waals surface area (Å²) in [5, 5.41) is 1.14. The molecule has 0 bridgehead atoms. The highest BCUT2D eigenvalue weighted by Gasteiger charge is 2.10. The molecule has 4 aromatic rings. The van der Waals surface area contributed by atoms with Gasteiger partial charge < -0.3 is 9.15 Å². The van der Waals surface area contributed by atoms with Crippen LogP contribution in [0, 0.1) is 0 Å². The van der Waals surface area contributed by atoms with E-state index >= 15 is 0 Å². The maximum absolute atomic E-state index is 12.8. The Morgan fingerprint density at radius 2 is 1.75 bits per heavy atom. The molecule has 28 heavy (non-hydrogen) atoms. The van der Waals surface area contributed by atoms with Crippen molar-refractivity contribution in [3.8, 4) is 16.9 Å². The van der Waals surface area contributed by atoms with Gasteiger partial charge in [0, 0.05) is 11.1 Å². The fourth-order valence-electron chi connectivity index (χ4n) is 2.92. The van der Waals surface area contributed by atoms with Crippen LogP contribution in [-0.4, -0.2) is 6.61 Å². The number of halogens is 1. The fourth-order valence-corrected chi connectivity index (χ4v) is 3.05. The molecule has 0 unspecified atom stereocenters. The van der Waals surface area contributed by atoms with Crippen LogP contribution in [0.1, 0.15) is 5.56 Å². The monoisotopic (exact) mass is 388 g/mol. The number of benzene rings is 3. The van der Waals surface area contributed by atoms with E-state index in [1.54, 1.807) is 42.5 Å². The van der Waals surface area contributed by atoms with Crippen molar-refractivity contribution in [2.75, 3.05) is 6.61 Å². The standard InChI is InChI=1S/C24H17ClO3/c25-19-10-8-18(9-11-19)22-16-28-23-15-20(12-13-21(23)24(22)26)27-14-4-7-17-5-2-1-3-6-17/h1-13,15-16H,14H2/b7-4+. The second-order valence-electron chi connectivity index (χ2n) is 6.27. The lowest BCUT2D eigenvalue weighted by Crippen LogP contribution is -2.05. The summed E-state index contributed by atoms with van der Waals surface area (Å²) in [5.74, 6) is 0.646. The summed E-state index contributed by atoms with van der Waals surface area (Å²) in [6.07, 6.45) is 5.42. The molecule has 138 valence electrons. The Balaban J connectivity index is 1.53. The normalized spacial score (nSPS) is 11.2. The first-order valence-corrected chi connectivity index (χ1v) is 9.24. The van der Waals surface area contributed by atoms with Gasteiger partial charge in [0.2, 0.25) is 0 Å². The Bertz CT molecular complexity index is 1180. The van der Waals surface area contributed by atoms with E-state index in [9.17, 15) is 4.79 Å². The summed E-state index contributed by atoms with van der Waals surface area (Å²) >= 11 is 5.92. The third kappa shape index (κ3) is 4.00. The van der Waals surface area contributed by atoms with Crippen LogP contribution in [0.2, 0.25) is 5.02 Å². The number of fused-ring (bicyclic) bond motifs is 1. The molecule has 0 spiro atoms. The van der Waals surface area contributed by atoms with E-state index in [0.717, 1.165) is 11.1 Å². The summed E-state index contributed by atoms with van der Waals surface area (Å²) in [7, 11) is 0. The maximum Gasteiger partial charge on any atom is 0.200 e. The second-order valence-corrected chi connectivity index (χ2v) is 6.70. The SMILES string of the molecule is O=c1c(-c2ccc(Cl)cc2)coc2cc(OC/C=C/c3ccccc3)ccc12. The Kier molecular flexibility index (Phi) is 5.27. The van der Waals surface area contributed by atoms with Crippen LogP contribution < -0.4 is 10.2 Å². The second kappa shape index (κ2) is 8.15. The van der Waals surface area contributed by atoms with Gasteiger partial charge in [0.25, 0.3) is 0 Å². The molecule has 0 saturated carbocycles. The van der Waals surface area contributed by atoms with Crippen molar-refractivity contribution in [2.24, 2.45) is 0 Å². The minimum Gasteiger partial charge on any atom is -0.489 e. The summed E-state index contributed by atoms with van der Waals surface area (Å²) in [4.78, 5) is 12.8. The highest BCUT2D eigenvalue weighted by Crippen LogP contribution is 2.24. The minimum absolute atomic E-state index is 0.0842. The van der Waals surface area contributed by atoms with Crippen molar-refractivity contribution >= 4 is 28.6 Å². The van der Waals surface area contributed by atoms with Crippen molar-refractivity contribution in [2.45, 2.75) is 0 Å². The molecule has 4 heteroatoms. The van der Waals surface area contributed by atoms with Crippen molar-refractivity contribution < 1.29 is 9.15 Å². The maximum atomic E-state index is 12.8. The Labute approximate surface area is 167 Å². The van der Waals surface area contributed by atoms with Crippen LogP contribution in [0.15, 0.2) is 94.3 Å². The van der Waals surface area contributed by atoms with E-state index in [4.69, 9.17) is 20.8 Å². The smallest absolute Gasteiger partial charge is 0.200 e. The van der Waals surface area contributed by atoms with Crippen molar-refractivity contribution in [3.05, 3.63) is 106 Å². The molecule has 0 radical (unpaired) electrons. The van der Waals surface area contributed by atoms with E-state index in [2.05, 4.69) is 0 Å². The molecule has 3 aromatic carbocycles. The Morgan fingerprint density at radius 1 is 0.964 bits per heavy atom. The predicted molar refractivity (Wildman–Crippen MR) is 114 cm³/mol. The first kappa shape index (κ1) is 18.1. The highest BCUT2D eigenvalue weighted by atomic mass is 35.5. The molecular weight excluding hydrogens is 372 g/mol. The van der Waals surface area contributed by atoms with E-state index in [-0.39, 0.29) is 5.43 Å². The molecule has 3 nitrogen and oxygen atoms in total. The van der Waals surface area contributed by atoms with Gasteiger partial charge in [-0.1, -0.05) is 60.1 Å². The lowest BCUT2D eigenvalue weighted by molar-refractivity contribution is 0.363. The van der Waals surface area contributed by atoms with Crippen LogP contribution in [0.3, 0.4) is 0 Å². The zero-order valence-electron chi connectivity index (χ0n) is 15.0. The molecule has 0 fully saturated rings. The third-order valence-electron chi connectivity index (χ3n) is 4.36. The van der Waals surface area contributed by atoms with Gasteiger partial charge in [-0.3, -0.25) is 4.79 Å². The molecule has 0 aliphatic rings. The number of hydrogen-bond donors (Lipinski definition) is 0. The van der Waals surface area contributed by atoms with Gasteiger partial charge in [0.15, 0.2) is 5.43 Å². The van der Waals surface area contributed by atoms with Crippen LogP contribution >= 0.6 is 11.6 Å². The topological polar surface area (TPSA) is 39.4 Å². The van der Waals surface area contributed by atoms with E-state index < -0.39 is 0 Å². The van der Waals surface area contributed by atoms with Gasteiger partial charge in [-0.15, -0.1) is 0 Å². The summed E-state index contributed by atoms with van der Waals surface area (Å²) in [5.41, 5.74) is 2.80. The van der Waals surface area contributed by atoms with Crippen LogP contribution in [0.5, 0.6) is 5.75 Å². The molecule has 1 heterocycles. The molecule has 4 rings (SSSR count). The number of ether oxygens (including phenoxy) is 1. The third-order valence-corrected chi connectivity index (χ3v) is 4.61. The van der Waals surface area contributed by atoms with E-state index in [1.165, 1.54) is 6.26 Å². The van der Waals surface area contributed by atoms with Gasteiger partial charge in [0.1, 0.15) is 24.2 Å². The Hall–Kier alpha value is -3.30. The largest absolute Gasteiger partial charge is 0.489 e. The average molecular weight is 389 g/mol. The molecule has 0 aliphatic heterocycles. The molecular formula is C24H17ClO3. The van der Waals surface area contributed by atoms with E-state index in [0.29, 0.717) is 33.9 Å². The van der Waals surface area contributed by atoms with Gasteiger partial charge in [-0.2, -0.15) is 0 Å². The lowest BCUT2D eigenvalue weighted by atomic mass is 10.1. The predicted octanol–water partition coefficient (Wildman–Crippen LogP) is 6.21. The van der Waals surface area contributed by atoms with Crippen molar-refractivity contribution in [1.82, 2.24) is 0 Å². The summed E-state index contributed by atoms with van der Waals surface area (Å²) < 4.78 is 11.4. The first-order chi connectivity index (χ1) is 13.7. The Morgan fingerprint density at radius 3 is 2.54 bits per heavy atom. The van der Waals surface area contributed by atoms with Crippen molar-refractivity contribution in [1.29, 1.82) is 0 Å². The first-order valence-electron chi connectivity index (χ1n) is 8.86. The fraction of sp³-hybridized carbons (Fsp3) is 0.0417. The highest BCUT2D eigenvalue weighted by molar-refractivity contribution is 6.30. The van der Waals surface area contributed by atoms with Gasteiger partial charge in [0.05, 0.1) is 10.9 Å². The molecule has 0 amide bonds. The minimum atomic E-state index is -0.0842. The van der Waals surface area contributed by atoms with Gasteiger partial charge in [-0.25, -0.2) is 0 Å². The zero-order chi connectivity index (χ0) is 19.3. The lowest BCUT2D eigenvalue weighted by Gasteiger charge is -2.06.